The van der Waals surface area contributed by atoms with Gasteiger partial charge in [0, 0.05) is 33.0 Å². The zero-order valence-corrected chi connectivity index (χ0v) is 28.2. The van der Waals surface area contributed by atoms with Gasteiger partial charge in [0.15, 0.2) is 0 Å². The predicted octanol–water partition coefficient (Wildman–Crippen LogP) is 3.38. The minimum atomic E-state index is -0.948. The van der Waals surface area contributed by atoms with E-state index < -0.39 is 30.0 Å². The number of likely N-dealkylation sites (N-methyl/N-ethyl adjacent to an activating group) is 1. The molecule has 2 aliphatic rings. The number of ether oxygens (including phenoxy) is 1. The van der Waals surface area contributed by atoms with E-state index in [4.69, 9.17) is 4.74 Å². The molecule has 0 saturated carbocycles. The highest BCUT2D eigenvalue weighted by molar-refractivity contribution is 5.96. The first-order chi connectivity index (χ1) is 23.8. The fraction of sp³-hybridized carbons (Fsp3) is 0.421. The summed E-state index contributed by atoms with van der Waals surface area (Å²) < 4.78 is 19.6. The van der Waals surface area contributed by atoms with Crippen molar-refractivity contribution in [3.05, 3.63) is 101 Å². The van der Waals surface area contributed by atoms with Gasteiger partial charge < -0.3 is 30.5 Å². The predicted molar refractivity (Wildman–Crippen MR) is 184 cm³/mol. The molecule has 2 saturated heterocycles. The molecular weight excluding hydrogens is 625 g/mol. The Morgan fingerprint density at radius 3 is 2.29 bits per heavy atom. The number of carbonyl (C=O) groups is 4. The summed E-state index contributed by atoms with van der Waals surface area (Å²) in [6, 6.07) is 20.3. The molecule has 2 fully saturated rings. The second-order valence-corrected chi connectivity index (χ2v) is 12.7. The van der Waals surface area contributed by atoms with Gasteiger partial charge in [-0.3, -0.25) is 19.2 Å². The molecule has 5 rings (SSSR count). The van der Waals surface area contributed by atoms with E-state index in [9.17, 15) is 23.6 Å². The van der Waals surface area contributed by atoms with Gasteiger partial charge in [0.05, 0.1) is 6.04 Å². The first-order valence-electron chi connectivity index (χ1n) is 17.1. The van der Waals surface area contributed by atoms with Gasteiger partial charge in [-0.15, -0.1) is 0 Å². The Hall–Kier alpha value is -4.77. The number of benzene rings is 3. The van der Waals surface area contributed by atoms with E-state index >= 15 is 0 Å². The number of nitrogens with one attached hydrogen (secondary N) is 3. The van der Waals surface area contributed by atoms with Crippen molar-refractivity contribution in [1.29, 1.82) is 0 Å². The molecule has 0 radical (unpaired) electrons. The third-order valence-electron chi connectivity index (χ3n) is 9.24. The van der Waals surface area contributed by atoms with Crippen LogP contribution in [-0.4, -0.2) is 84.3 Å². The molecular formula is C38H46FN5O5. The van der Waals surface area contributed by atoms with Crippen LogP contribution < -0.4 is 20.7 Å². The average molecular weight is 672 g/mol. The Morgan fingerprint density at radius 1 is 0.939 bits per heavy atom. The molecule has 4 amide bonds. The summed E-state index contributed by atoms with van der Waals surface area (Å²) in [5.41, 5.74) is 2.60. The zero-order valence-electron chi connectivity index (χ0n) is 28.2. The molecule has 3 N–H and O–H groups in total. The molecule has 260 valence electrons. The first kappa shape index (κ1) is 35.5. The van der Waals surface area contributed by atoms with Crippen LogP contribution in [0.5, 0.6) is 5.75 Å². The van der Waals surface area contributed by atoms with E-state index in [1.165, 1.54) is 12.1 Å². The molecule has 2 aliphatic heterocycles. The van der Waals surface area contributed by atoms with Crippen LogP contribution >= 0.6 is 0 Å². The van der Waals surface area contributed by atoms with E-state index in [1.54, 1.807) is 29.0 Å². The van der Waals surface area contributed by atoms with Crippen LogP contribution in [0.1, 0.15) is 49.3 Å². The van der Waals surface area contributed by atoms with E-state index in [-0.39, 0.29) is 49.6 Å². The van der Waals surface area contributed by atoms with E-state index in [1.807, 2.05) is 61.5 Å². The van der Waals surface area contributed by atoms with Crippen molar-refractivity contribution in [1.82, 2.24) is 25.8 Å². The second kappa shape index (κ2) is 17.1. The number of hydrogen-bond acceptors (Lipinski definition) is 6. The molecule has 3 aromatic carbocycles. The lowest BCUT2D eigenvalue weighted by Crippen LogP contribution is -2.66. The van der Waals surface area contributed by atoms with Crippen LogP contribution in [0.15, 0.2) is 78.9 Å². The van der Waals surface area contributed by atoms with E-state index in [2.05, 4.69) is 16.0 Å². The summed E-state index contributed by atoms with van der Waals surface area (Å²) in [6.45, 7) is 3.46. The van der Waals surface area contributed by atoms with Gasteiger partial charge in [0.25, 0.3) is 0 Å². The van der Waals surface area contributed by atoms with Gasteiger partial charge in [0.1, 0.15) is 36.3 Å². The van der Waals surface area contributed by atoms with Gasteiger partial charge in [-0.05, 0) is 66.8 Å². The maximum absolute atomic E-state index is 14.2. The number of carbonyl (C=O) groups excluding carboxylic acids is 4. The number of amides is 4. The summed E-state index contributed by atoms with van der Waals surface area (Å²) in [5, 5.41) is 8.81. The lowest BCUT2D eigenvalue weighted by atomic mass is 9.97. The van der Waals surface area contributed by atoms with E-state index in [0.29, 0.717) is 37.2 Å². The Morgan fingerprint density at radius 2 is 1.63 bits per heavy atom. The molecule has 10 nitrogen and oxygen atoms in total. The lowest BCUT2D eigenvalue weighted by Gasteiger charge is -2.44. The quantitative estimate of drug-likeness (QED) is 0.242. The molecule has 11 heteroatoms. The van der Waals surface area contributed by atoms with Gasteiger partial charge in [0.2, 0.25) is 23.6 Å². The van der Waals surface area contributed by atoms with Crippen LogP contribution in [0, 0.1) is 5.82 Å². The van der Waals surface area contributed by atoms with Crippen LogP contribution in [0.3, 0.4) is 0 Å². The Bertz CT molecular complexity index is 1560. The molecule has 4 unspecified atom stereocenters. The molecule has 0 bridgehead atoms. The summed E-state index contributed by atoms with van der Waals surface area (Å²) in [4.78, 5) is 58.0. The number of piperazine rings is 1. The fourth-order valence-electron chi connectivity index (χ4n) is 6.57. The minimum absolute atomic E-state index is 0.150. The highest BCUT2D eigenvalue weighted by Gasteiger charge is 2.43. The largest absolute Gasteiger partial charge is 0.489 e. The molecule has 0 aromatic heterocycles. The Kier molecular flexibility index (Phi) is 12.4. The third kappa shape index (κ3) is 9.23. The molecule has 2 heterocycles. The van der Waals surface area contributed by atoms with Gasteiger partial charge >= 0.3 is 0 Å². The number of hydrogen-bond donors (Lipinski definition) is 3. The van der Waals surface area contributed by atoms with Crippen molar-refractivity contribution in [2.75, 3.05) is 26.7 Å². The molecule has 0 aliphatic carbocycles. The van der Waals surface area contributed by atoms with Crippen molar-refractivity contribution < 1.29 is 28.3 Å². The minimum Gasteiger partial charge on any atom is -0.489 e. The Balaban J connectivity index is 1.31. The maximum Gasteiger partial charge on any atom is 0.246 e. The smallest absolute Gasteiger partial charge is 0.246 e. The molecule has 3 aromatic rings. The lowest BCUT2D eigenvalue weighted by molar-refractivity contribution is -0.157. The zero-order chi connectivity index (χ0) is 34.8. The topological polar surface area (TPSA) is 120 Å². The Labute approximate surface area is 287 Å². The third-order valence-corrected chi connectivity index (χ3v) is 9.24. The number of rotatable bonds is 14. The van der Waals surface area contributed by atoms with Crippen LogP contribution in [0.25, 0.3) is 0 Å². The summed E-state index contributed by atoms with van der Waals surface area (Å²) in [6.07, 6.45) is 3.00. The van der Waals surface area contributed by atoms with Crippen molar-refractivity contribution in [2.45, 2.75) is 76.2 Å². The second-order valence-electron chi connectivity index (χ2n) is 12.7. The van der Waals surface area contributed by atoms with Crippen molar-refractivity contribution in [3.63, 3.8) is 0 Å². The SMILES string of the molecule is CCCC1C(=O)N(C(Cc2ccc(OCc3ccccc3)cc2)C(=O)NC)CCN1C(=O)C(Cc1ccc(F)cc1)NC(=O)C1CCCN1. The summed E-state index contributed by atoms with van der Waals surface area (Å²) in [7, 11) is 1.55. The summed E-state index contributed by atoms with van der Waals surface area (Å²) >= 11 is 0. The van der Waals surface area contributed by atoms with Crippen LogP contribution in [-0.2, 0) is 38.6 Å². The number of halogens is 1. The van der Waals surface area contributed by atoms with Crippen LogP contribution in [0.4, 0.5) is 4.39 Å². The monoisotopic (exact) mass is 671 g/mol. The highest BCUT2D eigenvalue weighted by atomic mass is 19.1. The van der Waals surface area contributed by atoms with Gasteiger partial charge in [-0.1, -0.05) is 67.9 Å². The standard InChI is InChI=1S/C38H46FN5O5/c1-3-8-33-38(48)44(34(36(46)40-2)24-27-14-18-30(19-15-27)49-25-28-9-5-4-6-10-28)22-21-43(33)37(47)32(23-26-12-16-29(39)17-13-26)42-35(45)31-11-7-20-41-31/h4-6,9-10,12-19,31-34,41H,3,7-8,11,20-25H2,1-2H3,(H,40,46)(H,42,45). The maximum atomic E-state index is 14.2. The van der Waals surface area contributed by atoms with Crippen molar-refractivity contribution in [2.24, 2.45) is 0 Å². The van der Waals surface area contributed by atoms with Gasteiger partial charge in [-0.2, -0.15) is 0 Å². The molecule has 0 spiro atoms. The summed E-state index contributed by atoms with van der Waals surface area (Å²) in [5.74, 6) is -0.939. The van der Waals surface area contributed by atoms with E-state index in [0.717, 1.165) is 24.1 Å². The van der Waals surface area contributed by atoms with Crippen molar-refractivity contribution >= 4 is 23.6 Å². The fourth-order valence-corrected chi connectivity index (χ4v) is 6.57. The average Bonchev–Trinajstić information content (AvgIpc) is 3.67. The normalized spacial score (nSPS) is 18.9. The highest BCUT2D eigenvalue weighted by Crippen LogP contribution is 2.24. The first-order valence-corrected chi connectivity index (χ1v) is 17.1. The van der Waals surface area contributed by atoms with Gasteiger partial charge in [-0.25, -0.2) is 4.39 Å². The van der Waals surface area contributed by atoms with Crippen molar-refractivity contribution in [3.8, 4) is 5.75 Å². The molecule has 49 heavy (non-hydrogen) atoms. The number of nitrogens with zero attached hydrogens (tertiary/aromatic N) is 2. The molecule has 4 atom stereocenters. The van der Waals surface area contributed by atoms with Crippen LogP contribution in [0.2, 0.25) is 0 Å².